The third-order valence-electron chi connectivity index (χ3n) is 3.58. The molecular formula is C19H19N3O3S. The predicted octanol–water partition coefficient (Wildman–Crippen LogP) is 3.33. The van der Waals surface area contributed by atoms with Gasteiger partial charge in [-0.15, -0.1) is 0 Å². The second-order valence-electron chi connectivity index (χ2n) is 5.56. The van der Waals surface area contributed by atoms with Gasteiger partial charge in [0.15, 0.2) is 5.17 Å². The first-order valence-corrected chi connectivity index (χ1v) is 9.16. The van der Waals surface area contributed by atoms with Gasteiger partial charge in [0.1, 0.15) is 11.0 Å². The van der Waals surface area contributed by atoms with Crippen LogP contribution in [0.2, 0.25) is 0 Å². The van der Waals surface area contributed by atoms with Crippen molar-refractivity contribution in [1.29, 1.82) is 0 Å². The average Bonchev–Trinajstić information content (AvgIpc) is 2.64. The first-order valence-electron chi connectivity index (χ1n) is 8.28. The Balaban J connectivity index is 1.66. The van der Waals surface area contributed by atoms with Crippen LogP contribution in [0.1, 0.15) is 13.3 Å². The van der Waals surface area contributed by atoms with Crippen LogP contribution in [0.3, 0.4) is 0 Å². The van der Waals surface area contributed by atoms with Crippen LogP contribution in [0, 0.1) is 0 Å². The molecule has 0 aromatic heterocycles. The monoisotopic (exact) mass is 369 g/mol. The van der Waals surface area contributed by atoms with Crippen molar-refractivity contribution < 1.29 is 14.3 Å². The van der Waals surface area contributed by atoms with Crippen molar-refractivity contribution >= 4 is 40.1 Å². The zero-order chi connectivity index (χ0) is 18.4. The van der Waals surface area contributed by atoms with Crippen molar-refractivity contribution in [2.45, 2.75) is 18.6 Å². The molecule has 1 aliphatic rings. The lowest BCUT2D eigenvalue weighted by Crippen LogP contribution is -2.41. The molecule has 2 amide bonds. The molecule has 2 N–H and O–H groups in total. The van der Waals surface area contributed by atoms with Gasteiger partial charge in [0.25, 0.3) is 0 Å². The fraction of sp³-hybridized carbons (Fsp3) is 0.211. The molecule has 2 aromatic carbocycles. The Morgan fingerprint density at radius 1 is 1.23 bits per heavy atom. The number of anilines is 1. The fourth-order valence-corrected chi connectivity index (χ4v) is 3.39. The van der Waals surface area contributed by atoms with E-state index in [1.54, 1.807) is 24.3 Å². The van der Waals surface area contributed by atoms with Crippen molar-refractivity contribution in [2.24, 2.45) is 4.99 Å². The quantitative estimate of drug-likeness (QED) is 0.847. The summed E-state index contributed by atoms with van der Waals surface area (Å²) in [5.74, 6) is 0.300. The lowest BCUT2D eigenvalue weighted by atomic mass is 10.2. The Morgan fingerprint density at radius 3 is 2.65 bits per heavy atom. The van der Waals surface area contributed by atoms with Gasteiger partial charge in [0.05, 0.1) is 12.3 Å². The Kier molecular flexibility index (Phi) is 5.91. The van der Waals surface area contributed by atoms with Crippen molar-refractivity contribution in [3.05, 3.63) is 54.6 Å². The normalized spacial score (nSPS) is 18.3. The molecule has 1 atom stereocenters. The highest BCUT2D eigenvalue weighted by atomic mass is 32.2. The summed E-state index contributed by atoms with van der Waals surface area (Å²) in [6, 6.07) is 16.4. The lowest BCUT2D eigenvalue weighted by Gasteiger charge is -2.22. The maximum absolute atomic E-state index is 12.5. The SMILES string of the molecule is CCOc1ccc(NC(=O)C2CC(=O)NC(=Nc3ccccc3)S2)cc1. The molecule has 0 spiro atoms. The lowest BCUT2D eigenvalue weighted by molar-refractivity contribution is -0.123. The summed E-state index contributed by atoms with van der Waals surface area (Å²) < 4.78 is 5.38. The Bertz CT molecular complexity index is 807. The number of aliphatic imine (C=N–C) groups is 1. The van der Waals surface area contributed by atoms with Crippen LogP contribution >= 0.6 is 11.8 Å². The molecule has 2 aromatic rings. The van der Waals surface area contributed by atoms with Crippen LogP contribution in [0.25, 0.3) is 0 Å². The first kappa shape index (κ1) is 18.0. The highest BCUT2D eigenvalue weighted by Crippen LogP contribution is 2.25. The van der Waals surface area contributed by atoms with E-state index in [0.717, 1.165) is 11.4 Å². The molecule has 3 rings (SSSR count). The van der Waals surface area contributed by atoms with Gasteiger partial charge in [-0.25, -0.2) is 4.99 Å². The Morgan fingerprint density at radius 2 is 1.96 bits per heavy atom. The number of carbonyl (C=O) groups excluding carboxylic acids is 2. The van der Waals surface area contributed by atoms with Crippen LogP contribution in [-0.2, 0) is 9.59 Å². The van der Waals surface area contributed by atoms with Crippen molar-refractivity contribution in [3.63, 3.8) is 0 Å². The van der Waals surface area contributed by atoms with Gasteiger partial charge in [-0.05, 0) is 43.3 Å². The zero-order valence-corrected chi connectivity index (χ0v) is 15.1. The molecule has 1 saturated heterocycles. The highest BCUT2D eigenvalue weighted by Gasteiger charge is 2.30. The van der Waals surface area contributed by atoms with Gasteiger partial charge < -0.3 is 15.4 Å². The van der Waals surface area contributed by atoms with E-state index in [-0.39, 0.29) is 18.2 Å². The number of nitrogens with one attached hydrogen (secondary N) is 2. The number of amides is 2. The van der Waals surface area contributed by atoms with E-state index in [2.05, 4.69) is 15.6 Å². The molecule has 0 radical (unpaired) electrons. The molecule has 0 bridgehead atoms. The van der Waals surface area contributed by atoms with Gasteiger partial charge >= 0.3 is 0 Å². The average molecular weight is 369 g/mol. The number of thioether (sulfide) groups is 1. The maximum atomic E-state index is 12.5. The molecule has 1 heterocycles. The molecule has 6 nitrogen and oxygen atoms in total. The molecule has 1 fully saturated rings. The minimum absolute atomic E-state index is 0.112. The van der Waals surface area contributed by atoms with E-state index < -0.39 is 5.25 Å². The zero-order valence-electron chi connectivity index (χ0n) is 14.3. The highest BCUT2D eigenvalue weighted by molar-refractivity contribution is 8.15. The molecule has 134 valence electrons. The number of carbonyl (C=O) groups is 2. The molecule has 26 heavy (non-hydrogen) atoms. The van der Waals surface area contributed by atoms with E-state index in [1.807, 2.05) is 37.3 Å². The number of rotatable bonds is 5. The third kappa shape index (κ3) is 4.86. The molecule has 0 saturated carbocycles. The van der Waals surface area contributed by atoms with Crippen LogP contribution in [-0.4, -0.2) is 28.8 Å². The van der Waals surface area contributed by atoms with E-state index in [9.17, 15) is 9.59 Å². The molecule has 1 aliphatic heterocycles. The number of nitrogens with zero attached hydrogens (tertiary/aromatic N) is 1. The summed E-state index contributed by atoms with van der Waals surface area (Å²) in [6.07, 6.45) is 0.112. The second-order valence-corrected chi connectivity index (χ2v) is 6.75. The number of ether oxygens (including phenoxy) is 1. The van der Waals surface area contributed by atoms with E-state index in [0.29, 0.717) is 17.5 Å². The topological polar surface area (TPSA) is 79.8 Å². The molecule has 7 heteroatoms. The maximum Gasteiger partial charge on any atom is 0.238 e. The van der Waals surface area contributed by atoms with E-state index >= 15 is 0 Å². The summed E-state index contributed by atoms with van der Waals surface area (Å²) in [4.78, 5) is 28.9. The number of para-hydroxylation sites is 1. The van der Waals surface area contributed by atoms with Gasteiger partial charge in [0.2, 0.25) is 11.8 Å². The first-order chi connectivity index (χ1) is 12.6. The standard InChI is InChI=1S/C19H19N3O3S/c1-2-25-15-10-8-14(9-11-15)20-18(24)16-12-17(23)22-19(26-16)21-13-6-4-3-5-7-13/h3-11,16H,2,12H2,1H3,(H,20,24)(H,21,22,23). The van der Waals surface area contributed by atoms with Gasteiger partial charge in [-0.1, -0.05) is 30.0 Å². The molecule has 0 aliphatic carbocycles. The largest absolute Gasteiger partial charge is 0.494 e. The Labute approximate surface area is 156 Å². The predicted molar refractivity (Wildman–Crippen MR) is 104 cm³/mol. The van der Waals surface area contributed by atoms with Gasteiger partial charge in [-0.2, -0.15) is 0 Å². The van der Waals surface area contributed by atoms with E-state index in [1.165, 1.54) is 11.8 Å². The number of amidine groups is 1. The third-order valence-corrected chi connectivity index (χ3v) is 4.67. The summed E-state index contributed by atoms with van der Waals surface area (Å²) in [5, 5.41) is 5.45. The Hall–Kier alpha value is -2.80. The second kappa shape index (κ2) is 8.53. The van der Waals surface area contributed by atoms with Crippen LogP contribution in [0.15, 0.2) is 59.6 Å². The van der Waals surface area contributed by atoms with Gasteiger partial charge in [0, 0.05) is 12.1 Å². The summed E-state index contributed by atoms with van der Waals surface area (Å²) >= 11 is 1.25. The summed E-state index contributed by atoms with van der Waals surface area (Å²) in [7, 11) is 0. The summed E-state index contributed by atoms with van der Waals surface area (Å²) in [5.41, 5.74) is 1.38. The smallest absolute Gasteiger partial charge is 0.238 e. The summed E-state index contributed by atoms with van der Waals surface area (Å²) in [6.45, 7) is 2.50. The fourth-order valence-electron chi connectivity index (χ4n) is 2.39. The van der Waals surface area contributed by atoms with Crippen LogP contribution in [0.4, 0.5) is 11.4 Å². The van der Waals surface area contributed by atoms with Crippen LogP contribution < -0.4 is 15.4 Å². The van der Waals surface area contributed by atoms with Crippen LogP contribution in [0.5, 0.6) is 5.75 Å². The van der Waals surface area contributed by atoms with Crippen molar-refractivity contribution in [2.75, 3.05) is 11.9 Å². The van der Waals surface area contributed by atoms with E-state index in [4.69, 9.17) is 4.74 Å². The molecule has 1 unspecified atom stereocenters. The number of hydrogen-bond acceptors (Lipinski definition) is 5. The van der Waals surface area contributed by atoms with Crippen molar-refractivity contribution in [1.82, 2.24) is 5.32 Å². The molecular weight excluding hydrogens is 350 g/mol. The number of benzene rings is 2. The minimum Gasteiger partial charge on any atom is -0.494 e. The van der Waals surface area contributed by atoms with Gasteiger partial charge in [-0.3, -0.25) is 9.59 Å². The van der Waals surface area contributed by atoms with Crippen molar-refractivity contribution in [3.8, 4) is 5.75 Å². The minimum atomic E-state index is -0.530. The number of hydrogen-bond donors (Lipinski definition) is 2.